The van der Waals surface area contributed by atoms with Crippen LogP contribution in [0.25, 0.3) is 0 Å². The molecule has 3 rings (SSSR count). The lowest BCUT2D eigenvalue weighted by atomic mass is 10.1. The average Bonchev–Trinajstić information content (AvgIpc) is 3.49. The van der Waals surface area contributed by atoms with Crippen LogP contribution in [0.15, 0.2) is 54.6 Å². The number of hydrogen-bond acceptors (Lipinski definition) is 4. The van der Waals surface area contributed by atoms with E-state index < -0.39 is 12.1 Å². The Labute approximate surface area is 158 Å². The summed E-state index contributed by atoms with van der Waals surface area (Å²) < 4.78 is 5.43. The first kappa shape index (κ1) is 18.8. The first-order valence-electron chi connectivity index (χ1n) is 9.17. The first-order valence-corrected chi connectivity index (χ1v) is 9.17. The predicted molar refractivity (Wildman–Crippen MR) is 101 cm³/mol. The second-order valence-corrected chi connectivity index (χ2v) is 6.85. The summed E-state index contributed by atoms with van der Waals surface area (Å²) in [6.45, 7) is 1.95. The normalized spacial score (nSPS) is 14.3. The Morgan fingerprint density at radius 1 is 1.00 bits per heavy atom. The molecule has 1 aliphatic rings. The molecule has 0 spiro atoms. The topological polar surface area (TPSA) is 72.5 Å². The zero-order valence-corrected chi connectivity index (χ0v) is 15.3. The molecule has 1 aliphatic carbocycles. The minimum Gasteiger partial charge on any atom is -0.447 e. The van der Waals surface area contributed by atoms with Crippen LogP contribution >= 0.6 is 0 Å². The van der Waals surface area contributed by atoms with Gasteiger partial charge in [-0.05, 0) is 19.8 Å². The average molecular weight is 365 g/mol. The van der Waals surface area contributed by atoms with Crippen LogP contribution in [-0.4, -0.2) is 23.7 Å². The van der Waals surface area contributed by atoms with Crippen LogP contribution in [0.2, 0.25) is 0 Å². The number of rotatable bonds is 8. The standard InChI is InChI=1S/C22H23NO4/c1-15-7-9-16(10-8-15)19(24)13-14-20(25)27-21(17-5-3-2-4-6-17)22(26)23-18-11-12-18/h2-10,18,21H,11-14H2,1H3,(H,23,26)/t21-/m1/s1. The molecule has 5 heteroatoms. The number of hydrogen-bond donors (Lipinski definition) is 1. The van der Waals surface area contributed by atoms with Gasteiger partial charge in [-0.1, -0.05) is 60.2 Å². The third-order valence-corrected chi connectivity index (χ3v) is 4.44. The number of Topliss-reactive ketones (excluding diaryl/α,β-unsaturated/α-hetero) is 1. The fourth-order valence-corrected chi connectivity index (χ4v) is 2.70. The number of carbonyl (C=O) groups is 3. The van der Waals surface area contributed by atoms with Crippen molar-refractivity contribution in [1.29, 1.82) is 0 Å². The van der Waals surface area contributed by atoms with E-state index in [2.05, 4.69) is 5.32 Å². The molecule has 1 saturated carbocycles. The molecule has 0 aromatic heterocycles. The number of esters is 1. The van der Waals surface area contributed by atoms with Gasteiger partial charge in [-0.3, -0.25) is 14.4 Å². The summed E-state index contributed by atoms with van der Waals surface area (Å²) in [5.41, 5.74) is 2.26. The summed E-state index contributed by atoms with van der Waals surface area (Å²) >= 11 is 0. The Hall–Kier alpha value is -2.95. The van der Waals surface area contributed by atoms with Gasteiger partial charge in [0.1, 0.15) is 0 Å². The zero-order valence-electron chi connectivity index (χ0n) is 15.3. The van der Waals surface area contributed by atoms with E-state index in [1.54, 1.807) is 36.4 Å². The maximum atomic E-state index is 12.5. The van der Waals surface area contributed by atoms with Crippen molar-refractivity contribution in [2.24, 2.45) is 0 Å². The van der Waals surface area contributed by atoms with Gasteiger partial charge in [-0.15, -0.1) is 0 Å². The molecule has 2 aromatic carbocycles. The first-order chi connectivity index (χ1) is 13.0. The fourth-order valence-electron chi connectivity index (χ4n) is 2.70. The highest BCUT2D eigenvalue weighted by atomic mass is 16.5. The molecule has 0 bridgehead atoms. The number of carbonyl (C=O) groups excluding carboxylic acids is 3. The number of aryl methyl sites for hydroxylation is 1. The number of nitrogens with one attached hydrogen (secondary N) is 1. The zero-order chi connectivity index (χ0) is 19.2. The molecule has 1 fully saturated rings. The van der Waals surface area contributed by atoms with Crippen LogP contribution in [0.1, 0.15) is 53.3 Å². The Bertz CT molecular complexity index is 810. The van der Waals surface area contributed by atoms with Gasteiger partial charge >= 0.3 is 5.97 Å². The Kier molecular flexibility index (Phi) is 6.01. The SMILES string of the molecule is Cc1ccc(C(=O)CCC(=O)O[C@@H](C(=O)NC2CC2)c2ccccc2)cc1. The molecule has 0 saturated heterocycles. The van der Waals surface area contributed by atoms with E-state index in [0.29, 0.717) is 11.1 Å². The summed E-state index contributed by atoms with van der Waals surface area (Å²) in [6.07, 6.45) is 0.896. The van der Waals surface area contributed by atoms with Crippen LogP contribution < -0.4 is 5.32 Å². The van der Waals surface area contributed by atoms with Gasteiger partial charge in [0.15, 0.2) is 5.78 Å². The highest BCUT2D eigenvalue weighted by Gasteiger charge is 2.30. The van der Waals surface area contributed by atoms with Gasteiger partial charge in [0.05, 0.1) is 6.42 Å². The molecule has 140 valence electrons. The molecule has 2 aromatic rings. The maximum Gasteiger partial charge on any atom is 0.307 e. The third kappa shape index (κ3) is 5.51. The van der Waals surface area contributed by atoms with E-state index in [-0.39, 0.29) is 30.6 Å². The maximum absolute atomic E-state index is 12.5. The van der Waals surface area contributed by atoms with Crippen molar-refractivity contribution >= 4 is 17.7 Å². The molecular formula is C22H23NO4. The van der Waals surface area contributed by atoms with Gasteiger partial charge in [0.2, 0.25) is 6.10 Å². The Morgan fingerprint density at radius 2 is 1.67 bits per heavy atom. The molecule has 5 nitrogen and oxygen atoms in total. The summed E-state index contributed by atoms with van der Waals surface area (Å²) in [4.78, 5) is 37.0. The van der Waals surface area contributed by atoms with Gasteiger partial charge < -0.3 is 10.1 Å². The second kappa shape index (κ2) is 8.62. The molecule has 0 unspecified atom stereocenters. The number of benzene rings is 2. The van der Waals surface area contributed by atoms with Crippen molar-refractivity contribution in [3.05, 3.63) is 71.3 Å². The molecule has 1 amide bonds. The molecule has 1 atom stereocenters. The van der Waals surface area contributed by atoms with Crippen LogP contribution in [0.4, 0.5) is 0 Å². The lowest BCUT2D eigenvalue weighted by molar-refractivity contribution is -0.156. The second-order valence-electron chi connectivity index (χ2n) is 6.85. The number of amides is 1. The minimum atomic E-state index is -0.992. The van der Waals surface area contributed by atoms with Crippen LogP contribution in [0, 0.1) is 6.92 Å². The summed E-state index contributed by atoms with van der Waals surface area (Å²) in [7, 11) is 0. The Morgan fingerprint density at radius 3 is 2.30 bits per heavy atom. The van der Waals surface area contributed by atoms with Gasteiger partial charge in [-0.25, -0.2) is 0 Å². The van der Waals surface area contributed by atoms with Crippen LogP contribution in [-0.2, 0) is 14.3 Å². The van der Waals surface area contributed by atoms with Crippen molar-refractivity contribution in [2.75, 3.05) is 0 Å². The van der Waals surface area contributed by atoms with Gasteiger partial charge in [-0.2, -0.15) is 0 Å². The van der Waals surface area contributed by atoms with Crippen molar-refractivity contribution < 1.29 is 19.1 Å². The highest BCUT2D eigenvalue weighted by Crippen LogP contribution is 2.23. The largest absolute Gasteiger partial charge is 0.447 e. The molecule has 0 radical (unpaired) electrons. The van der Waals surface area contributed by atoms with Gasteiger partial charge in [0.25, 0.3) is 5.91 Å². The molecule has 0 heterocycles. The lowest BCUT2D eigenvalue weighted by Crippen LogP contribution is -2.33. The van der Waals surface area contributed by atoms with Crippen LogP contribution in [0.3, 0.4) is 0 Å². The van der Waals surface area contributed by atoms with Crippen molar-refractivity contribution in [3.63, 3.8) is 0 Å². The van der Waals surface area contributed by atoms with E-state index >= 15 is 0 Å². The lowest BCUT2D eigenvalue weighted by Gasteiger charge is -2.18. The van der Waals surface area contributed by atoms with Crippen molar-refractivity contribution in [3.8, 4) is 0 Å². The van der Waals surface area contributed by atoms with Crippen LogP contribution in [0.5, 0.6) is 0 Å². The summed E-state index contributed by atoms with van der Waals surface area (Å²) in [5, 5.41) is 2.87. The summed E-state index contributed by atoms with van der Waals surface area (Å²) in [5.74, 6) is -0.997. The van der Waals surface area contributed by atoms with E-state index in [4.69, 9.17) is 4.74 Å². The molecular weight excluding hydrogens is 342 g/mol. The third-order valence-electron chi connectivity index (χ3n) is 4.44. The van der Waals surface area contributed by atoms with E-state index in [1.807, 2.05) is 25.1 Å². The molecule has 0 aliphatic heterocycles. The smallest absolute Gasteiger partial charge is 0.307 e. The summed E-state index contributed by atoms with van der Waals surface area (Å²) in [6, 6.07) is 16.3. The monoisotopic (exact) mass is 365 g/mol. The highest BCUT2D eigenvalue weighted by molar-refractivity contribution is 5.97. The van der Waals surface area contributed by atoms with E-state index in [1.165, 1.54) is 0 Å². The molecule has 27 heavy (non-hydrogen) atoms. The number of ketones is 1. The quantitative estimate of drug-likeness (QED) is 0.574. The molecule has 1 N–H and O–H groups in total. The number of ether oxygens (including phenoxy) is 1. The van der Waals surface area contributed by atoms with E-state index in [9.17, 15) is 14.4 Å². The predicted octanol–water partition coefficient (Wildman–Crippen LogP) is 3.52. The fraction of sp³-hybridized carbons (Fsp3) is 0.318. The van der Waals surface area contributed by atoms with E-state index in [0.717, 1.165) is 18.4 Å². The van der Waals surface area contributed by atoms with Gasteiger partial charge in [0, 0.05) is 23.6 Å². The van der Waals surface area contributed by atoms with Crippen molar-refractivity contribution in [1.82, 2.24) is 5.32 Å². The minimum absolute atomic E-state index is 0.0493. The Balaban J connectivity index is 1.59. The van der Waals surface area contributed by atoms with Crippen molar-refractivity contribution in [2.45, 2.75) is 44.8 Å².